The average Bonchev–Trinajstić information content (AvgIpc) is 2.30. The van der Waals surface area contributed by atoms with Gasteiger partial charge in [-0.15, -0.1) is 0 Å². The van der Waals surface area contributed by atoms with E-state index in [0.717, 1.165) is 19.3 Å². The molecule has 1 aliphatic carbocycles. The Kier molecular flexibility index (Phi) is 3.63. The summed E-state index contributed by atoms with van der Waals surface area (Å²) in [5.41, 5.74) is 8.97. The molecule has 1 heterocycles. The molecule has 2 aliphatic rings. The lowest BCUT2D eigenvalue weighted by atomic mass is 9.93. The molecule has 6 nitrogen and oxygen atoms in total. The number of sulfone groups is 1. The lowest BCUT2D eigenvalue weighted by Gasteiger charge is -2.41. The third-order valence-electron chi connectivity index (χ3n) is 3.30. The molecule has 96 valence electrons. The van der Waals surface area contributed by atoms with Gasteiger partial charge < -0.3 is 15.0 Å². The minimum atomic E-state index is -3.51. The van der Waals surface area contributed by atoms with Gasteiger partial charge in [0.1, 0.15) is 0 Å². The first-order chi connectivity index (χ1) is 8.08. The van der Waals surface area contributed by atoms with Crippen molar-refractivity contribution in [1.82, 2.24) is 0 Å². The summed E-state index contributed by atoms with van der Waals surface area (Å²) in [6.45, 7) is 1.22. The van der Waals surface area contributed by atoms with Crippen LogP contribution in [-0.2, 0) is 19.3 Å². The molecule has 2 fully saturated rings. The number of hydrogen-bond donors (Lipinski definition) is 0. The molecule has 7 heteroatoms. The summed E-state index contributed by atoms with van der Waals surface area (Å²) >= 11 is 0. The minimum absolute atomic E-state index is 0.321. The highest BCUT2D eigenvalue weighted by Crippen LogP contribution is 2.37. The van der Waals surface area contributed by atoms with Gasteiger partial charge in [-0.1, -0.05) is 0 Å². The number of ether oxygens (including phenoxy) is 2. The Hall–Kier alpha value is -0.750. The van der Waals surface area contributed by atoms with Gasteiger partial charge in [0.2, 0.25) is 9.84 Å². The third kappa shape index (κ3) is 2.74. The highest BCUT2D eigenvalue weighted by Gasteiger charge is 2.44. The lowest BCUT2D eigenvalue weighted by molar-refractivity contribution is -0.279. The maximum Gasteiger partial charge on any atom is 0.370 e. The van der Waals surface area contributed by atoms with Gasteiger partial charge in [-0.25, -0.2) is 8.42 Å². The SMILES string of the molecule is [N-]=[N+]=CS(=O)(=O)C1CCCC2(C1)OCCCO2. The van der Waals surface area contributed by atoms with Crippen LogP contribution in [0.4, 0.5) is 0 Å². The van der Waals surface area contributed by atoms with E-state index >= 15 is 0 Å². The fourth-order valence-electron chi connectivity index (χ4n) is 2.46. The molecule has 0 aromatic rings. The summed E-state index contributed by atoms with van der Waals surface area (Å²) < 4.78 is 34.8. The van der Waals surface area contributed by atoms with Gasteiger partial charge in [0.15, 0.2) is 5.79 Å². The fraction of sp³-hybridized carbons (Fsp3) is 0.900. The van der Waals surface area contributed by atoms with Crippen molar-refractivity contribution >= 4 is 15.4 Å². The van der Waals surface area contributed by atoms with Crippen LogP contribution in [0.25, 0.3) is 5.53 Å². The van der Waals surface area contributed by atoms with Crippen molar-refractivity contribution < 1.29 is 22.7 Å². The molecular weight excluding hydrogens is 244 g/mol. The zero-order valence-corrected chi connectivity index (χ0v) is 10.4. The van der Waals surface area contributed by atoms with Crippen molar-refractivity contribution in [3.8, 4) is 0 Å². The summed E-state index contributed by atoms with van der Waals surface area (Å²) in [6.07, 6.45) is 3.19. The lowest BCUT2D eigenvalue weighted by Crippen LogP contribution is -2.47. The summed E-state index contributed by atoms with van der Waals surface area (Å²) in [4.78, 5) is 2.62. The van der Waals surface area contributed by atoms with Crippen LogP contribution in [0.1, 0.15) is 32.1 Å². The maximum absolute atomic E-state index is 11.8. The number of rotatable bonds is 2. The van der Waals surface area contributed by atoms with Crippen LogP contribution < -0.4 is 0 Å². The third-order valence-corrected chi connectivity index (χ3v) is 5.02. The van der Waals surface area contributed by atoms with Crippen LogP contribution in [0, 0.1) is 0 Å². The van der Waals surface area contributed by atoms with Gasteiger partial charge in [-0.2, -0.15) is 4.79 Å². The van der Waals surface area contributed by atoms with Crippen LogP contribution in [-0.4, -0.2) is 43.0 Å². The van der Waals surface area contributed by atoms with E-state index in [4.69, 9.17) is 15.0 Å². The number of hydrogen-bond acceptors (Lipinski definition) is 4. The minimum Gasteiger partial charge on any atom is -0.361 e. The quantitative estimate of drug-likeness (QED) is 0.317. The van der Waals surface area contributed by atoms with Gasteiger partial charge in [-0.3, -0.25) is 0 Å². The molecule has 0 aromatic heterocycles. The van der Waals surface area contributed by atoms with Crippen LogP contribution in [0.15, 0.2) is 0 Å². The zero-order chi connectivity index (χ0) is 12.4. The second-order valence-electron chi connectivity index (χ2n) is 4.49. The second-order valence-corrected chi connectivity index (χ2v) is 6.54. The van der Waals surface area contributed by atoms with Crippen molar-refractivity contribution in [1.29, 1.82) is 0 Å². The molecule has 1 unspecified atom stereocenters. The first-order valence-corrected chi connectivity index (χ1v) is 7.38. The maximum atomic E-state index is 11.8. The summed E-state index contributed by atoms with van der Waals surface area (Å²) in [6, 6.07) is 0. The molecule has 0 amide bonds. The molecular formula is C10H16N2O4S. The van der Waals surface area contributed by atoms with E-state index in [1.807, 2.05) is 0 Å². The summed E-state index contributed by atoms with van der Waals surface area (Å²) in [5, 5.41) is -0.578. The molecule has 0 bridgehead atoms. The predicted octanol–water partition coefficient (Wildman–Crippen LogP) is 0.735. The largest absolute Gasteiger partial charge is 0.370 e. The first kappa shape index (κ1) is 12.7. The van der Waals surface area contributed by atoms with E-state index < -0.39 is 20.9 Å². The smallest absolute Gasteiger partial charge is 0.361 e. The van der Waals surface area contributed by atoms with E-state index in [0.29, 0.717) is 31.6 Å². The van der Waals surface area contributed by atoms with E-state index in [1.165, 1.54) is 0 Å². The monoisotopic (exact) mass is 260 g/mol. The van der Waals surface area contributed by atoms with Crippen LogP contribution >= 0.6 is 0 Å². The van der Waals surface area contributed by atoms with Crippen molar-refractivity contribution in [2.45, 2.75) is 43.1 Å². The van der Waals surface area contributed by atoms with E-state index in [2.05, 4.69) is 4.79 Å². The summed E-state index contributed by atoms with van der Waals surface area (Å²) in [5.74, 6) is -0.739. The predicted molar refractivity (Wildman–Crippen MR) is 60.1 cm³/mol. The van der Waals surface area contributed by atoms with Gasteiger partial charge in [0.25, 0.3) is 0 Å². The van der Waals surface area contributed by atoms with E-state index in [9.17, 15) is 8.42 Å². The van der Waals surface area contributed by atoms with Crippen molar-refractivity contribution in [2.75, 3.05) is 13.2 Å². The van der Waals surface area contributed by atoms with Crippen molar-refractivity contribution in [3.05, 3.63) is 5.53 Å². The average molecular weight is 260 g/mol. The molecule has 1 atom stereocenters. The molecule has 1 aliphatic heterocycles. The normalized spacial score (nSPS) is 28.6. The highest BCUT2D eigenvalue weighted by atomic mass is 32.2. The van der Waals surface area contributed by atoms with Gasteiger partial charge in [0, 0.05) is 12.8 Å². The highest BCUT2D eigenvalue weighted by molar-refractivity contribution is 8.04. The molecule has 0 aromatic carbocycles. The standard InChI is InChI=1S/C10H16N2O4S/c11-12-8-17(13,14)9-3-1-4-10(7-9)15-5-2-6-16-10/h8-9H,1-7H2. The molecule has 0 N–H and O–H groups in total. The summed E-state index contributed by atoms with van der Waals surface area (Å²) in [7, 11) is -3.51. The van der Waals surface area contributed by atoms with Crippen molar-refractivity contribution in [2.24, 2.45) is 0 Å². The van der Waals surface area contributed by atoms with Gasteiger partial charge >= 0.3 is 5.55 Å². The topological polar surface area (TPSA) is 89.0 Å². The Morgan fingerprint density at radius 1 is 1.29 bits per heavy atom. The van der Waals surface area contributed by atoms with E-state index in [1.54, 1.807) is 0 Å². The van der Waals surface area contributed by atoms with Gasteiger partial charge in [0.05, 0.1) is 18.5 Å². The fourth-order valence-corrected chi connectivity index (χ4v) is 3.75. The Morgan fingerprint density at radius 2 is 2.00 bits per heavy atom. The number of nitrogens with zero attached hydrogens (tertiary/aromatic N) is 2. The zero-order valence-electron chi connectivity index (χ0n) is 9.54. The first-order valence-electron chi connectivity index (χ1n) is 5.77. The molecule has 0 radical (unpaired) electrons. The van der Waals surface area contributed by atoms with Crippen molar-refractivity contribution in [3.63, 3.8) is 0 Å². The molecule has 2 rings (SSSR count). The Labute approximate surface area is 100 Å². The Balaban J connectivity index is 2.14. The van der Waals surface area contributed by atoms with Crippen LogP contribution in [0.3, 0.4) is 0 Å². The van der Waals surface area contributed by atoms with Crippen LogP contribution in [0.5, 0.6) is 0 Å². The Bertz CT molecular complexity index is 416. The molecule has 1 saturated carbocycles. The second kappa shape index (κ2) is 4.86. The molecule has 17 heavy (non-hydrogen) atoms. The Morgan fingerprint density at radius 3 is 2.65 bits per heavy atom. The van der Waals surface area contributed by atoms with Crippen LogP contribution in [0.2, 0.25) is 0 Å². The molecule has 1 saturated heterocycles. The molecule has 1 spiro atoms. The van der Waals surface area contributed by atoms with Gasteiger partial charge in [-0.05, 0) is 19.3 Å². The van der Waals surface area contributed by atoms with E-state index in [-0.39, 0.29) is 0 Å².